The molecule has 1 aromatic rings. The summed E-state index contributed by atoms with van der Waals surface area (Å²) < 4.78 is 1.15. The molecule has 0 aromatic heterocycles. The molecule has 2 nitrogen and oxygen atoms in total. The van der Waals surface area contributed by atoms with Gasteiger partial charge in [0.05, 0.1) is 0 Å². The maximum absolute atomic E-state index is 5.93. The zero-order chi connectivity index (χ0) is 11.5. The Bertz CT molecular complexity index is 336. The summed E-state index contributed by atoms with van der Waals surface area (Å²) in [5.74, 6) is 0. The van der Waals surface area contributed by atoms with Gasteiger partial charge >= 0.3 is 0 Å². The van der Waals surface area contributed by atoms with E-state index in [1.807, 2.05) is 0 Å². The Morgan fingerprint density at radius 1 is 1.44 bits per heavy atom. The quantitative estimate of drug-likeness (QED) is 0.923. The first-order valence-electron chi connectivity index (χ1n) is 5.89. The lowest BCUT2D eigenvalue weighted by molar-refractivity contribution is 0.254. The van der Waals surface area contributed by atoms with Crippen LogP contribution in [0.4, 0.5) is 0 Å². The van der Waals surface area contributed by atoms with Crippen molar-refractivity contribution in [1.29, 1.82) is 0 Å². The average molecular weight is 283 g/mol. The third kappa shape index (κ3) is 3.06. The third-order valence-corrected chi connectivity index (χ3v) is 3.85. The molecule has 2 rings (SSSR count). The standard InChI is InChI=1S/C13H19BrN2/c1-10(16-7-6-13(15)9-16)8-11-2-4-12(14)5-3-11/h2-5,10,13H,6-9,15H2,1H3. The van der Waals surface area contributed by atoms with E-state index in [4.69, 9.17) is 5.73 Å². The number of nitrogens with zero attached hydrogens (tertiary/aromatic N) is 1. The Hall–Kier alpha value is -0.380. The van der Waals surface area contributed by atoms with E-state index in [-0.39, 0.29) is 0 Å². The second-order valence-electron chi connectivity index (χ2n) is 4.72. The number of nitrogens with two attached hydrogens (primary N) is 1. The molecule has 0 amide bonds. The van der Waals surface area contributed by atoms with Crippen LogP contribution in [0.2, 0.25) is 0 Å². The van der Waals surface area contributed by atoms with E-state index >= 15 is 0 Å². The average Bonchev–Trinajstić information content (AvgIpc) is 2.68. The number of halogens is 1. The molecule has 0 radical (unpaired) electrons. The van der Waals surface area contributed by atoms with E-state index in [2.05, 4.69) is 52.0 Å². The SMILES string of the molecule is CC(Cc1ccc(Br)cc1)N1CCC(N)C1. The Kier molecular flexibility index (Phi) is 4.00. The van der Waals surface area contributed by atoms with Crippen LogP contribution >= 0.6 is 15.9 Å². The number of benzene rings is 1. The molecule has 3 heteroatoms. The monoisotopic (exact) mass is 282 g/mol. The Morgan fingerprint density at radius 2 is 2.12 bits per heavy atom. The van der Waals surface area contributed by atoms with Gasteiger partial charge in [0.25, 0.3) is 0 Å². The first-order chi connectivity index (χ1) is 7.65. The minimum absolute atomic E-state index is 0.382. The van der Waals surface area contributed by atoms with Crippen LogP contribution in [0.25, 0.3) is 0 Å². The van der Waals surface area contributed by atoms with Gasteiger partial charge in [0.2, 0.25) is 0 Å². The van der Waals surface area contributed by atoms with Gasteiger partial charge in [-0.3, -0.25) is 4.90 Å². The number of hydrogen-bond acceptors (Lipinski definition) is 2. The van der Waals surface area contributed by atoms with Crippen LogP contribution in [0.3, 0.4) is 0 Å². The largest absolute Gasteiger partial charge is 0.326 e. The predicted molar refractivity (Wildman–Crippen MR) is 71.5 cm³/mol. The minimum atomic E-state index is 0.382. The summed E-state index contributed by atoms with van der Waals surface area (Å²) in [6.07, 6.45) is 2.25. The van der Waals surface area contributed by atoms with Gasteiger partial charge in [0.1, 0.15) is 0 Å². The van der Waals surface area contributed by atoms with Crippen molar-refractivity contribution < 1.29 is 0 Å². The second-order valence-corrected chi connectivity index (χ2v) is 5.64. The molecular weight excluding hydrogens is 264 g/mol. The molecule has 16 heavy (non-hydrogen) atoms. The highest BCUT2D eigenvalue weighted by atomic mass is 79.9. The van der Waals surface area contributed by atoms with Gasteiger partial charge in [-0.2, -0.15) is 0 Å². The Balaban J connectivity index is 1.91. The van der Waals surface area contributed by atoms with E-state index in [1.165, 1.54) is 5.56 Å². The highest BCUT2D eigenvalue weighted by molar-refractivity contribution is 9.10. The van der Waals surface area contributed by atoms with Crippen LogP contribution in [0.5, 0.6) is 0 Å². The fraction of sp³-hybridized carbons (Fsp3) is 0.538. The summed E-state index contributed by atoms with van der Waals surface area (Å²) >= 11 is 3.46. The van der Waals surface area contributed by atoms with E-state index in [0.29, 0.717) is 12.1 Å². The molecule has 0 aliphatic carbocycles. The van der Waals surface area contributed by atoms with Crippen LogP contribution < -0.4 is 5.73 Å². The lowest BCUT2D eigenvalue weighted by Crippen LogP contribution is -2.34. The lowest BCUT2D eigenvalue weighted by Gasteiger charge is -2.24. The van der Waals surface area contributed by atoms with Gasteiger partial charge in [-0.1, -0.05) is 28.1 Å². The summed E-state index contributed by atoms with van der Waals surface area (Å²) in [6.45, 7) is 4.50. The summed E-state index contributed by atoms with van der Waals surface area (Å²) in [4.78, 5) is 2.49. The van der Waals surface area contributed by atoms with Crippen molar-refractivity contribution in [1.82, 2.24) is 4.90 Å². The molecule has 88 valence electrons. The first kappa shape index (κ1) is 12.1. The summed E-state index contributed by atoms with van der Waals surface area (Å²) in [6, 6.07) is 9.57. The van der Waals surface area contributed by atoms with Crippen molar-refractivity contribution in [3.63, 3.8) is 0 Å². The molecular formula is C13H19BrN2. The van der Waals surface area contributed by atoms with E-state index < -0.39 is 0 Å². The molecule has 2 N–H and O–H groups in total. The fourth-order valence-corrected chi connectivity index (χ4v) is 2.57. The van der Waals surface area contributed by atoms with Crippen molar-refractivity contribution in [2.75, 3.05) is 13.1 Å². The molecule has 1 aliphatic rings. The molecule has 1 saturated heterocycles. The van der Waals surface area contributed by atoms with Gasteiger partial charge in [-0.15, -0.1) is 0 Å². The normalized spacial score (nSPS) is 23.6. The van der Waals surface area contributed by atoms with Gasteiger partial charge in [0, 0.05) is 29.6 Å². The number of rotatable bonds is 3. The van der Waals surface area contributed by atoms with Crippen LogP contribution in [0, 0.1) is 0 Å². The Morgan fingerprint density at radius 3 is 2.69 bits per heavy atom. The number of hydrogen-bond donors (Lipinski definition) is 1. The molecule has 0 saturated carbocycles. The number of likely N-dealkylation sites (tertiary alicyclic amines) is 1. The van der Waals surface area contributed by atoms with Crippen molar-refractivity contribution in [3.05, 3.63) is 34.3 Å². The third-order valence-electron chi connectivity index (χ3n) is 3.32. The van der Waals surface area contributed by atoms with Crippen molar-refractivity contribution in [2.45, 2.75) is 31.8 Å². The fourth-order valence-electron chi connectivity index (χ4n) is 2.31. The van der Waals surface area contributed by atoms with Gasteiger partial charge in [0.15, 0.2) is 0 Å². The predicted octanol–water partition coefficient (Wildman–Crippen LogP) is 2.41. The highest BCUT2D eigenvalue weighted by Gasteiger charge is 2.23. The zero-order valence-electron chi connectivity index (χ0n) is 9.70. The molecule has 0 bridgehead atoms. The summed E-state index contributed by atoms with van der Waals surface area (Å²) in [7, 11) is 0. The maximum Gasteiger partial charge on any atom is 0.0180 e. The van der Waals surface area contributed by atoms with Crippen LogP contribution in [-0.4, -0.2) is 30.1 Å². The molecule has 2 atom stereocenters. The molecule has 0 spiro atoms. The molecule has 1 fully saturated rings. The lowest BCUT2D eigenvalue weighted by atomic mass is 10.1. The Labute approximate surface area is 106 Å². The molecule has 1 aliphatic heterocycles. The van der Waals surface area contributed by atoms with Gasteiger partial charge < -0.3 is 5.73 Å². The van der Waals surface area contributed by atoms with E-state index in [9.17, 15) is 0 Å². The van der Waals surface area contributed by atoms with E-state index in [0.717, 1.165) is 30.4 Å². The zero-order valence-corrected chi connectivity index (χ0v) is 11.3. The summed E-state index contributed by atoms with van der Waals surface area (Å²) in [5.41, 5.74) is 7.33. The second kappa shape index (κ2) is 5.30. The highest BCUT2D eigenvalue weighted by Crippen LogP contribution is 2.16. The van der Waals surface area contributed by atoms with E-state index in [1.54, 1.807) is 0 Å². The van der Waals surface area contributed by atoms with Gasteiger partial charge in [-0.05, 0) is 37.5 Å². The smallest absolute Gasteiger partial charge is 0.0180 e. The topological polar surface area (TPSA) is 29.3 Å². The van der Waals surface area contributed by atoms with Crippen LogP contribution in [0.1, 0.15) is 18.9 Å². The molecule has 1 aromatic carbocycles. The molecule has 2 unspecified atom stereocenters. The first-order valence-corrected chi connectivity index (χ1v) is 6.68. The van der Waals surface area contributed by atoms with Crippen LogP contribution in [0.15, 0.2) is 28.7 Å². The maximum atomic E-state index is 5.93. The van der Waals surface area contributed by atoms with Gasteiger partial charge in [-0.25, -0.2) is 0 Å². The van der Waals surface area contributed by atoms with Crippen molar-refractivity contribution in [3.8, 4) is 0 Å². The van der Waals surface area contributed by atoms with Crippen molar-refractivity contribution in [2.24, 2.45) is 5.73 Å². The summed E-state index contributed by atoms with van der Waals surface area (Å²) in [5, 5.41) is 0. The minimum Gasteiger partial charge on any atom is -0.326 e. The molecule has 1 heterocycles. The van der Waals surface area contributed by atoms with Crippen molar-refractivity contribution >= 4 is 15.9 Å². The van der Waals surface area contributed by atoms with Crippen LogP contribution in [-0.2, 0) is 6.42 Å².